The molecule has 3 N–H and O–H groups in total. The van der Waals surface area contributed by atoms with E-state index in [1.165, 1.54) is 18.4 Å². The first-order valence-electron chi connectivity index (χ1n) is 7.03. The summed E-state index contributed by atoms with van der Waals surface area (Å²) in [7, 11) is 1.67. The molecule has 0 atom stereocenters. The fourth-order valence-electron chi connectivity index (χ4n) is 2.89. The van der Waals surface area contributed by atoms with Crippen LogP contribution in [0.25, 0.3) is 0 Å². The number of amidine groups is 1. The van der Waals surface area contributed by atoms with Gasteiger partial charge in [0.1, 0.15) is 11.6 Å². The molecule has 0 unspecified atom stereocenters. The van der Waals surface area contributed by atoms with E-state index in [4.69, 9.17) is 15.5 Å². The number of rotatable bonds is 3. The van der Waals surface area contributed by atoms with E-state index in [1.807, 2.05) is 24.3 Å². The van der Waals surface area contributed by atoms with Gasteiger partial charge in [0, 0.05) is 6.42 Å². The molecule has 1 spiro atoms. The van der Waals surface area contributed by atoms with Gasteiger partial charge in [-0.3, -0.25) is 0 Å². The van der Waals surface area contributed by atoms with Gasteiger partial charge in [-0.2, -0.15) is 0 Å². The highest BCUT2D eigenvalue weighted by molar-refractivity contribution is 6.01. The van der Waals surface area contributed by atoms with E-state index in [-0.39, 0.29) is 5.66 Å². The summed E-state index contributed by atoms with van der Waals surface area (Å²) in [6.07, 6.45) is 5.09. The van der Waals surface area contributed by atoms with Gasteiger partial charge in [-0.15, -0.1) is 0 Å². The van der Waals surface area contributed by atoms with E-state index in [0.29, 0.717) is 5.96 Å². The molecule has 1 aromatic rings. The number of methoxy groups -OCH3 is 1. The molecule has 0 saturated heterocycles. The summed E-state index contributed by atoms with van der Waals surface area (Å²) in [5.74, 6) is 2.26. The van der Waals surface area contributed by atoms with E-state index < -0.39 is 0 Å². The predicted molar refractivity (Wildman–Crippen MR) is 80.1 cm³/mol. The van der Waals surface area contributed by atoms with Crippen LogP contribution in [0.1, 0.15) is 31.2 Å². The third-order valence-electron chi connectivity index (χ3n) is 3.88. The number of hydrogen-bond acceptors (Lipinski definition) is 5. The van der Waals surface area contributed by atoms with Crippen molar-refractivity contribution in [1.29, 1.82) is 0 Å². The highest BCUT2D eigenvalue weighted by atomic mass is 16.5. The minimum Gasteiger partial charge on any atom is -0.497 e. The van der Waals surface area contributed by atoms with Crippen LogP contribution in [0.2, 0.25) is 0 Å². The molecule has 5 nitrogen and oxygen atoms in total. The van der Waals surface area contributed by atoms with E-state index in [9.17, 15) is 0 Å². The quantitative estimate of drug-likeness (QED) is 0.881. The average Bonchev–Trinajstić information content (AvgIpc) is 2.86. The van der Waals surface area contributed by atoms with Gasteiger partial charge in [-0.05, 0) is 43.4 Å². The molecule has 106 valence electrons. The standard InChI is InChI=1S/C15H20N4O/c1-20-12-6-4-11(5-7-12)10-13-17-14(16)19-15(18-13)8-2-3-9-15/h4-7H,2-3,8-10H2,1H3,(H3,16,17,18,19). The van der Waals surface area contributed by atoms with Crippen LogP contribution >= 0.6 is 0 Å². The lowest BCUT2D eigenvalue weighted by Crippen LogP contribution is -2.45. The summed E-state index contributed by atoms with van der Waals surface area (Å²) >= 11 is 0. The Morgan fingerprint density at radius 1 is 1.20 bits per heavy atom. The summed E-state index contributed by atoms with van der Waals surface area (Å²) in [5.41, 5.74) is 6.80. The van der Waals surface area contributed by atoms with Gasteiger partial charge in [-0.25, -0.2) is 9.98 Å². The number of nitrogens with zero attached hydrogens (tertiary/aromatic N) is 2. The van der Waals surface area contributed by atoms with Crippen LogP contribution in [0.4, 0.5) is 0 Å². The Labute approximate surface area is 118 Å². The maximum atomic E-state index is 5.92. The number of benzene rings is 1. The molecule has 1 aliphatic heterocycles. The monoisotopic (exact) mass is 272 g/mol. The Balaban J connectivity index is 1.77. The number of ether oxygens (including phenoxy) is 1. The van der Waals surface area contributed by atoms with Crippen molar-refractivity contribution in [3.63, 3.8) is 0 Å². The average molecular weight is 272 g/mol. The van der Waals surface area contributed by atoms with Gasteiger partial charge >= 0.3 is 0 Å². The maximum absolute atomic E-state index is 5.92. The minimum absolute atomic E-state index is 0.295. The van der Waals surface area contributed by atoms with Gasteiger partial charge in [-0.1, -0.05) is 12.1 Å². The zero-order valence-corrected chi connectivity index (χ0v) is 11.7. The largest absolute Gasteiger partial charge is 0.497 e. The molecule has 1 saturated carbocycles. The first-order chi connectivity index (χ1) is 9.69. The van der Waals surface area contributed by atoms with Crippen molar-refractivity contribution >= 4 is 11.8 Å². The van der Waals surface area contributed by atoms with Crippen LogP contribution in [-0.4, -0.2) is 24.6 Å². The van der Waals surface area contributed by atoms with Crippen molar-refractivity contribution in [2.75, 3.05) is 7.11 Å². The summed E-state index contributed by atoms with van der Waals surface area (Å²) in [6.45, 7) is 0. The SMILES string of the molecule is COc1ccc(CC2=NC3(CCCC3)N=C(N)N2)cc1. The molecule has 0 aromatic heterocycles. The Morgan fingerprint density at radius 3 is 2.55 bits per heavy atom. The molecule has 0 radical (unpaired) electrons. The van der Waals surface area contributed by atoms with Crippen LogP contribution in [0.15, 0.2) is 34.3 Å². The van der Waals surface area contributed by atoms with Crippen molar-refractivity contribution in [3.05, 3.63) is 29.8 Å². The lowest BCUT2D eigenvalue weighted by molar-refractivity contribution is 0.414. The zero-order valence-electron chi connectivity index (χ0n) is 11.7. The third-order valence-corrected chi connectivity index (χ3v) is 3.88. The van der Waals surface area contributed by atoms with Gasteiger partial charge in [0.15, 0.2) is 11.6 Å². The third kappa shape index (κ3) is 2.61. The van der Waals surface area contributed by atoms with Crippen molar-refractivity contribution in [2.45, 2.75) is 37.8 Å². The van der Waals surface area contributed by atoms with Crippen LogP contribution in [0.3, 0.4) is 0 Å². The summed E-state index contributed by atoms with van der Waals surface area (Å²) in [6, 6.07) is 8.02. The first kappa shape index (κ1) is 13.0. The molecule has 1 aliphatic carbocycles. The molecule has 3 rings (SSSR count). The summed E-state index contributed by atoms with van der Waals surface area (Å²) in [5, 5.41) is 3.09. The van der Waals surface area contributed by atoms with Crippen molar-refractivity contribution in [1.82, 2.24) is 5.32 Å². The fraction of sp³-hybridized carbons (Fsp3) is 0.467. The van der Waals surface area contributed by atoms with E-state index in [2.05, 4.69) is 10.3 Å². The highest BCUT2D eigenvalue weighted by Crippen LogP contribution is 2.35. The maximum Gasteiger partial charge on any atom is 0.196 e. The lowest BCUT2D eigenvalue weighted by atomic mass is 10.1. The topological polar surface area (TPSA) is 72.0 Å². The van der Waals surface area contributed by atoms with E-state index in [1.54, 1.807) is 7.11 Å². The molecule has 0 bridgehead atoms. The molecule has 20 heavy (non-hydrogen) atoms. The fourth-order valence-corrected chi connectivity index (χ4v) is 2.89. The van der Waals surface area contributed by atoms with Crippen LogP contribution in [0.5, 0.6) is 5.75 Å². The smallest absolute Gasteiger partial charge is 0.196 e. The Hall–Kier alpha value is -2.04. The molecular weight excluding hydrogens is 252 g/mol. The van der Waals surface area contributed by atoms with Gasteiger partial charge in [0.05, 0.1) is 7.11 Å². The molecular formula is C15H20N4O. The normalized spacial score (nSPS) is 20.2. The second kappa shape index (κ2) is 5.15. The predicted octanol–water partition coefficient (Wildman–Crippen LogP) is 1.82. The molecule has 2 aliphatic rings. The second-order valence-corrected chi connectivity index (χ2v) is 5.39. The Bertz CT molecular complexity index is 541. The van der Waals surface area contributed by atoms with E-state index in [0.717, 1.165) is 30.8 Å². The van der Waals surface area contributed by atoms with Gasteiger partial charge in [0.25, 0.3) is 0 Å². The van der Waals surface area contributed by atoms with Crippen LogP contribution in [-0.2, 0) is 6.42 Å². The molecule has 1 aromatic carbocycles. The number of guanidine groups is 1. The number of nitrogens with two attached hydrogens (primary N) is 1. The number of hydrogen-bond donors (Lipinski definition) is 2. The van der Waals surface area contributed by atoms with Crippen molar-refractivity contribution in [3.8, 4) is 5.75 Å². The first-order valence-corrected chi connectivity index (χ1v) is 7.03. The van der Waals surface area contributed by atoms with Gasteiger partial charge in [0.2, 0.25) is 0 Å². The minimum atomic E-state index is -0.295. The van der Waals surface area contributed by atoms with E-state index >= 15 is 0 Å². The summed E-state index contributed by atoms with van der Waals surface area (Å²) in [4.78, 5) is 9.32. The van der Waals surface area contributed by atoms with Crippen LogP contribution in [0, 0.1) is 0 Å². The zero-order chi connectivity index (χ0) is 14.0. The Kier molecular flexibility index (Phi) is 3.34. The molecule has 0 amide bonds. The van der Waals surface area contributed by atoms with Crippen LogP contribution < -0.4 is 15.8 Å². The molecule has 5 heteroatoms. The number of nitrogens with one attached hydrogen (secondary N) is 1. The molecule has 1 heterocycles. The van der Waals surface area contributed by atoms with Gasteiger partial charge < -0.3 is 15.8 Å². The van der Waals surface area contributed by atoms with Crippen molar-refractivity contribution < 1.29 is 4.74 Å². The lowest BCUT2D eigenvalue weighted by Gasteiger charge is -2.27. The molecule has 1 fully saturated rings. The summed E-state index contributed by atoms with van der Waals surface area (Å²) < 4.78 is 5.17. The second-order valence-electron chi connectivity index (χ2n) is 5.39. The van der Waals surface area contributed by atoms with Crippen molar-refractivity contribution in [2.24, 2.45) is 15.7 Å². The highest BCUT2D eigenvalue weighted by Gasteiger charge is 2.35. The Morgan fingerprint density at radius 2 is 1.90 bits per heavy atom. The number of aliphatic imine (C=N–C) groups is 2.